The molecule has 0 aliphatic heterocycles. The number of nitrogen functional groups attached to an aromatic ring is 1. The van der Waals surface area contributed by atoms with E-state index in [0.717, 1.165) is 25.0 Å². The Morgan fingerprint density at radius 3 is 2.67 bits per heavy atom. The van der Waals surface area contributed by atoms with Crippen LogP contribution in [-0.2, 0) is 6.42 Å². The number of carbonyl (C=O) groups is 1. The van der Waals surface area contributed by atoms with Gasteiger partial charge in [-0.05, 0) is 31.9 Å². The Morgan fingerprint density at radius 2 is 2.11 bits per heavy atom. The number of nitrogens with two attached hydrogens (primary N) is 1. The van der Waals surface area contributed by atoms with E-state index in [1.54, 1.807) is 11.0 Å². The molecular formula is C14H23N3O. The number of hydrogen-bond acceptors (Lipinski definition) is 3. The van der Waals surface area contributed by atoms with Gasteiger partial charge in [0, 0.05) is 24.3 Å². The van der Waals surface area contributed by atoms with E-state index in [1.165, 1.54) is 0 Å². The molecule has 0 aliphatic rings. The highest BCUT2D eigenvalue weighted by Gasteiger charge is 2.17. The van der Waals surface area contributed by atoms with Crippen molar-refractivity contribution in [3.63, 3.8) is 0 Å². The number of anilines is 1. The van der Waals surface area contributed by atoms with Crippen molar-refractivity contribution in [1.82, 2.24) is 9.88 Å². The molecule has 18 heavy (non-hydrogen) atoms. The first-order valence-electron chi connectivity index (χ1n) is 6.53. The molecule has 0 aliphatic carbocycles. The maximum absolute atomic E-state index is 12.3. The molecular weight excluding hydrogens is 226 g/mol. The third-order valence-electron chi connectivity index (χ3n) is 3.20. The average Bonchev–Trinajstić information content (AvgIpc) is 2.36. The third kappa shape index (κ3) is 3.45. The smallest absolute Gasteiger partial charge is 0.254 e. The summed E-state index contributed by atoms with van der Waals surface area (Å²) in [6.07, 6.45) is 2.85. The molecule has 2 N–H and O–H groups in total. The number of amides is 1. The Hall–Kier alpha value is -1.58. The highest BCUT2D eigenvalue weighted by molar-refractivity contribution is 5.95. The van der Waals surface area contributed by atoms with Crippen LogP contribution in [-0.4, -0.2) is 28.9 Å². The number of nitrogens with zero attached hydrogens (tertiary/aromatic N) is 2. The highest BCUT2D eigenvalue weighted by Crippen LogP contribution is 2.13. The normalized spacial score (nSPS) is 12.2. The van der Waals surface area contributed by atoms with Gasteiger partial charge in [-0.3, -0.25) is 4.79 Å². The van der Waals surface area contributed by atoms with E-state index in [2.05, 4.69) is 18.8 Å². The van der Waals surface area contributed by atoms with Crippen LogP contribution in [0, 0.1) is 0 Å². The van der Waals surface area contributed by atoms with Crippen molar-refractivity contribution < 1.29 is 4.79 Å². The molecule has 1 aromatic heterocycles. The van der Waals surface area contributed by atoms with Crippen LogP contribution < -0.4 is 5.73 Å². The van der Waals surface area contributed by atoms with Crippen molar-refractivity contribution in [3.8, 4) is 0 Å². The summed E-state index contributed by atoms with van der Waals surface area (Å²) in [5, 5.41) is 0. The van der Waals surface area contributed by atoms with Crippen molar-refractivity contribution in [2.24, 2.45) is 0 Å². The molecule has 1 aromatic rings. The highest BCUT2D eigenvalue weighted by atomic mass is 16.2. The minimum atomic E-state index is 0.0137. The Bertz CT molecular complexity index is 418. The topological polar surface area (TPSA) is 59.2 Å². The van der Waals surface area contributed by atoms with Crippen molar-refractivity contribution in [2.75, 3.05) is 12.8 Å². The minimum Gasteiger partial charge on any atom is -0.384 e. The standard InChI is InChI=1S/C14H23N3O/c1-5-7-10(3)17(4)14(18)11-8-12(6-2)16-13(15)9-11/h8-10H,5-7H2,1-4H3,(H2,15,16). The molecule has 0 saturated carbocycles. The lowest BCUT2D eigenvalue weighted by atomic mass is 10.1. The van der Waals surface area contributed by atoms with E-state index in [1.807, 2.05) is 20.0 Å². The van der Waals surface area contributed by atoms with Crippen molar-refractivity contribution >= 4 is 11.7 Å². The van der Waals surface area contributed by atoms with Crippen LogP contribution in [0.5, 0.6) is 0 Å². The SMILES string of the molecule is CCCC(C)N(C)C(=O)c1cc(N)nc(CC)c1. The zero-order valence-electron chi connectivity index (χ0n) is 11.7. The van der Waals surface area contributed by atoms with E-state index in [-0.39, 0.29) is 11.9 Å². The summed E-state index contributed by atoms with van der Waals surface area (Å²) in [5.74, 6) is 0.425. The summed E-state index contributed by atoms with van der Waals surface area (Å²) in [6.45, 7) is 6.18. The van der Waals surface area contributed by atoms with Gasteiger partial charge in [0.05, 0.1) is 0 Å². The van der Waals surface area contributed by atoms with Gasteiger partial charge in [-0.25, -0.2) is 4.98 Å². The molecule has 0 spiro atoms. The van der Waals surface area contributed by atoms with Crippen LogP contribution in [0.1, 0.15) is 49.7 Å². The zero-order valence-corrected chi connectivity index (χ0v) is 11.7. The lowest BCUT2D eigenvalue weighted by molar-refractivity contribution is 0.0736. The van der Waals surface area contributed by atoms with Crippen LogP contribution in [0.3, 0.4) is 0 Å². The van der Waals surface area contributed by atoms with Crippen LogP contribution in [0.15, 0.2) is 12.1 Å². The average molecular weight is 249 g/mol. The largest absolute Gasteiger partial charge is 0.384 e. The van der Waals surface area contributed by atoms with Gasteiger partial charge < -0.3 is 10.6 Å². The number of rotatable bonds is 5. The minimum absolute atomic E-state index is 0.0137. The van der Waals surface area contributed by atoms with Gasteiger partial charge in [0.2, 0.25) is 0 Å². The van der Waals surface area contributed by atoms with Crippen LogP contribution in [0.2, 0.25) is 0 Å². The second-order valence-electron chi connectivity index (χ2n) is 4.68. The predicted molar refractivity (Wildman–Crippen MR) is 74.5 cm³/mol. The maximum atomic E-state index is 12.3. The lowest BCUT2D eigenvalue weighted by Crippen LogP contribution is -2.35. The number of hydrogen-bond donors (Lipinski definition) is 1. The fourth-order valence-electron chi connectivity index (χ4n) is 1.93. The summed E-state index contributed by atoms with van der Waals surface area (Å²) in [4.78, 5) is 18.3. The summed E-state index contributed by atoms with van der Waals surface area (Å²) >= 11 is 0. The van der Waals surface area contributed by atoms with E-state index < -0.39 is 0 Å². The van der Waals surface area contributed by atoms with E-state index in [9.17, 15) is 4.79 Å². The molecule has 0 aromatic carbocycles. The fourth-order valence-corrected chi connectivity index (χ4v) is 1.93. The molecule has 1 atom stereocenters. The Morgan fingerprint density at radius 1 is 1.44 bits per heavy atom. The molecule has 100 valence electrons. The molecule has 0 fully saturated rings. The van der Waals surface area contributed by atoms with E-state index in [4.69, 9.17) is 5.73 Å². The first kappa shape index (κ1) is 14.5. The van der Waals surface area contributed by atoms with Crippen molar-refractivity contribution in [3.05, 3.63) is 23.4 Å². The monoisotopic (exact) mass is 249 g/mol. The molecule has 1 unspecified atom stereocenters. The van der Waals surface area contributed by atoms with Crippen LogP contribution >= 0.6 is 0 Å². The van der Waals surface area contributed by atoms with E-state index in [0.29, 0.717) is 11.4 Å². The molecule has 0 radical (unpaired) electrons. The number of pyridine rings is 1. The van der Waals surface area contributed by atoms with Gasteiger partial charge in [-0.2, -0.15) is 0 Å². The summed E-state index contributed by atoms with van der Waals surface area (Å²) < 4.78 is 0. The van der Waals surface area contributed by atoms with Crippen LogP contribution in [0.4, 0.5) is 5.82 Å². The Balaban J connectivity index is 2.92. The van der Waals surface area contributed by atoms with Gasteiger partial charge in [0.15, 0.2) is 0 Å². The zero-order chi connectivity index (χ0) is 13.7. The second-order valence-corrected chi connectivity index (χ2v) is 4.68. The van der Waals surface area contributed by atoms with Crippen molar-refractivity contribution in [2.45, 2.75) is 46.1 Å². The predicted octanol–water partition coefficient (Wildman–Crippen LogP) is 2.49. The Kier molecular flexibility index (Phi) is 5.13. The van der Waals surface area contributed by atoms with Crippen LogP contribution in [0.25, 0.3) is 0 Å². The maximum Gasteiger partial charge on any atom is 0.254 e. The van der Waals surface area contributed by atoms with Gasteiger partial charge in [-0.15, -0.1) is 0 Å². The van der Waals surface area contributed by atoms with Gasteiger partial charge in [0.25, 0.3) is 5.91 Å². The summed E-state index contributed by atoms with van der Waals surface area (Å²) in [7, 11) is 1.84. The van der Waals surface area contributed by atoms with Gasteiger partial charge in [-0.1, -0.05) is 20.3 Å². The molecule has 0 saturated heterocycles. The number of aromatic nitrogens is 1. The molecule has 4 heteroatoms. The number of carbonyl (C=O) groups excluding carboxylic acids is 1. The molecule has 1 amide bonds. The first-order valence-corrected chi connectivity index (χ1v) is 6.53. The fraction of sp³-hybridized carbons (Fsp3) is 0.571. The summed E-state index contributed by atoms with van der Waals surface area (Å²) in [6, 6.07) is 3.71. The number of aryl methyl sites for hydroxylation is 1. The second kappa shape index (κ2) is 6.38. The van der Waals surface area contributed by atoms with Crippen molar-refractivity contribution in [1.29, 1.82) is 0 Å². The molecule has 1 heterocycles. The Labute approximate surface area is 109 Å². The van der Waals surface area contributed by atoms with E-state index >= 15 is 0 Å². The molecule has 0 bridgehead atoms. The molecule has 1 rings (SSSR count). The third-order valence-corrected chi connectivity index (χ3v) is 3.20. The van der Waals surface area contributed by atoms with Gasteiger partial charge in [0.1, 0.15) is 5.82 Å². The quantitative estimate of drug-likeness (QED) is 0.872. The first-order chi connectivity index (χ1) is 8.49. The lowest BCUT2D eigenvalue weighted by Gasteiger charge is -2.25. The molecule has 4 nitrogen and oxygen atoms in total. The van der Waals surface area contributed by atoms with Gasteiger partial charge >= 0.3 is 0 Å². The summed E-state index contributed by atoms with van der Waals surface area (Å²) in [5.41, 5.74) is 7.21.